The molecule has 10 heteroatoms. The summed E-state index contributed by atoms with van der Waals surface area (Å²) in [5.41, 5.74) is -0.984. The summed E-state index contributed by atoms with van der Waals surface area (Å²) in [6.07, 6.45) is 0. The van der Waals surface area contributed by atoms with Crippen LogP contribution >= 0.6 is 47.0 Å². The van der Waals surface area contributed by atoms with Crippen LogP contribution in [0.2, 0.25) is 0 Å². The smallest absolute Gasteiger partial charge is 0.316 e. The quantitative estimate of drug-likeness (QED) is 0.415. The van der Waals surface area contributed by atoms with E-state index < -0.39 is 11.1 Å². The Kier molecular flexibility index (Phi) is 4.60. The summed E-state index contributed by atoms with van der Waals surface area (Å²) >= 11 is 6.57. The van der Waals surface area contributed by atoms with Crippen molar-refractivity contribution in [2.45, 2.75) is 48.6 Å². The summed E-state index contributed by atoms with van der Waals surface area (Å²) in [6.45, 7) is 8.42. The maximum absolute atomic E-state index is 12.9. The Morgan fingerprint density at radius 2 is 1.55 bits per heavy atom. The number of fused-ring (bicyclic) bond motifs is 1. The molecular formula is C19H19N2O4S4. The number of thioether (sulfide) groups is 4. The molecule has 153 valence electrons. The average Bonchev–Trinajstić information content (AvgIpc) is 3.33. The molecule has 1 radical (unpaired) electrons. The normalized spacial score (nSPS) is 24.7. The van der Waals surface area contributed by atoms with Crippen molar-refractivity contribution in [2.24, 2.45) is 0 Å². The van der Waals surface area contributed by atoms with Gasteiger partial charge in [0, 0.05) is 15.0 Å². The van der Waals surface area contributed by atoms with Crippen molar-refractivity contribution in [3.63, 3.8) is 0 Å². The molecule has 0 saturated heterocycles. The lowest BCUT2D eigenvalue weighted by atomic mass is 9.84. The molecule has 4 aliphatic heterocycles. The highest BCUT2D eigenvalue weighted by Crippen LogP contribution is 2.61. The van der Waals surface area contributed by atoms with E-state index in [0.29, 0.717) is 18.8 Å². The monoisotopic (exact) mass is 467 g/mol. The third-order valence-corrected chi connectivity index (χ3v) is 11.2. The van der Waals surface area contributed by atoms with Gasteiger partial charge in [0.1, 0.15) is 18.8 Å². The lowest BCUT2D eigenvalue weighted by Crippen LogP contribution is -2.53. The van der Waals surface area contributed by atoms with Gasteiger partial charge >= 0.3 is 5.84 Å². The van der Waals surface area contributed by atoms with Gasteiger partial charge in [0.25, 0.3) is 0 Å². The SMILES string of the molecule is CC1(C)N([O])C(c2ccc3c(c2)SC(=C2SC4=C(OCCO4)S2)S3)=[N+]([O-])C1(C)C. The molecule has 0 N–H and O–H groups in total. The summed E-state index contributed by atoms with van der Waals surface area (Å²) in [5, 5.41) is 28.4. The number of ether oxygens (including phenoxy) is 2. The molecule has 1 aromatic carbocycles. The van der Waals surface area contributed by atoms with Crippen LogP contribution in [0.1, 0.15) is 33.3 Å². The lowest BCUT2D eigenvalue weighted by molar-refractivity contribution is -0.539. The van der Waals surface area contributed by atoms with E-state index in [-0.39, 0.29) is 5.84 Å². The molecule has 0 unspecified atom stereocenters. The molecule has 29 heavy (non-hydrogen) atoms. The molecular weight excluding hydrogens is 448 g/mol. The zero-order valence-corrected chi connectivity index (χ0v) is 19.6. The van der Waals surface area contributed by atoms with Crippen LogP contribution in [0, 0.1) is 5.21 Å². The number of hydrogen-bond donors (Lipinski definition) is 0. The second-order valence-corrected chi connectivity index (χ2v) is 12.5. The second-order valence-electron chi connectivity index (χ2n) is 7.95. The van der Waals surface area contributed by atoms with Crippen molar-refractivity contribution in [1.29, 1.82) is 0 Å². The number of hydroxylamine groups is 3. The van der Waals surface area contributed by atoms with Gasteiger partial charge in [-0.25, -0.2) is 0 Å². The van der Waals surface area contributed by atoms with Crippen LogP contribution in [0.15, 0.2) is 46.6 Å². The van der Waals surface area contributed by atoms with E-state index >= 15 is 0 Å². The second kappa shape index (κ2) is 6.71. The predicted octanol–water partition coefficient (Wildman–Crippen LogP) is 5.14. The van der Waals surface area contributed by atoms with Crippen LogP contribution in [0.3, 0.4) is 0 Å². The van der Waals surface area contributed by atoms with Gasteiger partial charge in [-0.15, -0.1) is 0 Å². The summed E-state index contributed by atoms with van der Waals surface area (Å²) in [6, 6.07) is 5.81. The highest BCUT2D eigenvalue weighted by molar-refractivity contribution is 8.32. The van der Waals surface area contributed by atoms with Crippen LogP contribution in [-0.4, -0.2) is 39.9 Å². The van der Waals surface area contributed by atoms with Crippen molar-refractivity contribution >= 4 is 52.9 Å². The maximum Gasteiger partial charge on any atom is 0.316 e. The zero-order chi connectivity index (χ0) is 20.6. The minimum Gasteiger partial charge on any atom is -0.714 e. The number of amidine groups is 1. The molecule has 1 aromatic rings. The van der Waals surface area contributed by atoms with Crippen LogP contribution in [0.4, 0.5) is 0 Å². The molecule has 0 fully saturated rings. The topological polar surface area (TPSA) is 67.7 Å². The molecule has 0 bridgehead atoms. The first kappa shape index (κ1) is 19.9. The summed E-state index contributed by atoms with van der Waals surface area (Å²) < 4.78 is 14.5. The Balaban J connectivity index is 1.45. The van der Waals surface area contributed by atoms with E-state index in [9.17, 15) is 10.4 Å². The molecule has 6 nitrogen and oxygen atoms in total. The van der Waals surface area contributed by atoms with Gasteiger partial charge in [-0.1, -0.05) is 28.6 Å². The lowest BCUT2D eigenvalue weighted by Gasteiger charge is -2.32. The van der Waals surface area contributed by atoms with Gasteiger partial charge in [0.05, 0.1) is 14.0 Å². The minimum atomic E-state index is -0.819. The molecule has 5 rings (SSSR count). The Morgan fingerprint density at radius 1 is 0.966 bits per heavy atom. The molecule has 4 heterocycles. The summed E-state index contributed by atoms with van der Waals surface area (Å²) in [4.78, 5) is 2.18. The van der Waals surface area contributed by atoms with Gasteiger partial charge < -0.3 is 14.7 Å². The van der Waals surface area contributed by atoms with Gasteiger partial charge in [-0.3, -0.25) is 4.74 Å². The van der Waals surface area contributed by atoms with E-state index in [0.717, 1.165) is 34.0 Å². The molecule has 0 amide bonds. The third kappa shape index (κ3) is 2.90. The fourth-order valence-electron chi connectivity index (χ4n) is 3.26. The van der Waals surface area contributed by atoms with Crippen molar-refractivity contribution < 1.29 is 19.4 Å². The first-order chi connectivity index (χ1) is 13.7. The fourth-order valence-corrected chi connectivity index (χ4v) is 8.37. The first-order valence-corrected chi connectivity index (χ1v) is 12.4. The van der Waals surface area contributed by atoms with Crippen LogP contribution in [0.5, 0.6) is 0 Å². The fraction of sp³-hybridized carbons (Fsp3) is 0.421. The van der Waals surface area contributed by atoms with E-state index in [2.05, 4.69) is 0 Å². The minimum absolute atomic E-state index is 0.179. The highest BCUT2D eigenvalue weighted by Gasteiger charge is 2.60. The predicted molar refractivity (Wildman–Crippen MR) is 118 cm³/mol. The van der Waals surface area contributed by atoms with Crippen molar-refractivity contribution in [3.05, 3.63) is 47.6 Å². The highest BCUT2D eigenvalue weighted by atomic mass is 32.2. The largest absolute Gasteiger partial charge is 0.714 e. The van der Waals surface area contributed by atoms with Crippen LogP contribution in [-0.2, 0) is 14.7 Å². The molecule has 0 saturated carbocycles. The average molecular weight is 468 g/mol. The van der Waals surface area contributed by atoms with Crippen LogP contribution in [0.25, 0.3) is 0 Å². The Labute approximate surface area is 186 Å². The summed E-state index contributed by atoms with van der Waals surface area (Å²) in [5.74, 6) is 0.179. The van der Waals surface area contributed by atoms with Crippen LogP contribution < -0.4 is 0 Å². The number of rotatable bonds is 1. The van der Waals surface area contributed by atoms with E-state index in [1.807, 2.05) is 45.9 Å². The molecule has 4 aliphatic rings. The standard InChI is InChI=1S/C19H19N2O4S4/c1-18(2)19(3,4)21(23)13(20(18)22)10-5-6-11-12(9-10)27-16(26-11)17-28-14-15(29-17)25-8-7-24-14/h5-6,9H,7-8H2,1-4H3. The molecule has 0 atom stereocenters. The van der Waals surface area contributed by atoms with E-state index in [1.54, 1.807) is 47.0 Å². The Hall–Kier alpha value is -1.07. The Bertz CT molecular complexity index is 995. The molecule has 0 aromatic heterocycles. The van der Waals surface area contributed by atoms with Gasteiger partial charge in [0.15, 0.2) is 5.54 Å². The number of benzene rings is 1. The number of hydrogen-bond acceptors (Lipinski definition) is 8. The zero-order valence-electron chi connectivity index (χ0n) is 16.3. The van der Waals surface area contributed by atoms with Gasteiger partial charge in [-0.05, 0) is 69.4 Å². The van der Waals surface area contributed by atoms with E-state index in [4.69, 9.17) is 9.47 Å². The van der Waals surface area contributed by atoms with Gasteiger partial charge in [0.2, 0.25) is 10.2 Å². The van der Waals surface area contributed by atoms with Crippen molar-refractivity contribution in [2.75, 3.05) is 13.2 Å². The van der Waals surface area contributed by atoms with Crippen molar-refractivity contribution in [3.8, 4) is 0 Å². The molecule has 0 aliphatic carbocycles. The summed E-state index contributed by atoms with van der Waals surface area (Å²) in [7, 11) is 0. The third-order valence-electron chi connectivity index (χ3n) is 5.76. The first-order valence-electron chi connectivity index (χ1n) is 9.12. The van der Waals surface area contributed by atoms with Gasteiger partial charge in [-0.2, -0.15) is 0 Å². The Morgan fingerprint density at radius 3 is 2.14 bits per heavy atom. The van der Waals surface area contributed by atoms with E-state index in [1.165, 1.54) is 4.24 Å². The molecule has 0 spiro atoms. The number of nitrogens with zero attached hydrogens (tertiary/aromatic N) is 2. The maximum atomic E-state index is 12.9. The van der Waals surface area contributed by atoms with Crippen molar-refractivity contribution in [1.82, 2.24) is 5.06 Å².